The van der Waals surface area contributed by atoms with Crippen molar-refractivity contribution in [1.29, 1.82) is 0 Å². The second-order valence-electron chi connectivity index (χ2n) is 4.37. The Balaban J connectivity index is 1.97. The molecule has 0 fully saturated rings. The van der Waals surface area contributed by atoms with Crippen molar-refractivity contribution >= 4 is 23.4 Å². The Morgan fingerprint density at radius 2 is 1.73 bits per heavy atom. The number of rotatable bonds is 4. The van der Waals surface area contributed by atoms with Gasteiger partial charge in [-0.1, -0.05) is 18.2 Å². The Kier molecular flexibility index (Phi) is 4.81. The summed E-state index contributed by atoms with van der Waals surface area (Å²) in [6.45, 7) is 0.130. The van der Waals surface area contributed by atoms with Gasteiger partial charge >= 0.3 is 11.8 Å². The summed E-state index contributed by atoms with van der Waals surface area (Å²) in [5.41, 5.74) is 6.15. The van der Waals surface area contributed by atoms with Gasteiger partial charge in [-0.05, 0) is 24.3 Å². The van der Waals surface area contributed by atoms with E-state index in [1.807, 2.05) is 0 Å². The number of carbonyl (C=O) groups excluding carboxylic acids is 3. The Morgan fingerprint density at radius 1 is 1.00 bits per heavy atom. The highest BCUT2D eigenvalue weighted by Gasteiger charge is 2.16. The summed E-state index contributed by atoms with van der Waals surface area (Å²) in [6, 6.07) is 11.4. The second-order valence-corrected chi connectivity index (χ2v) is 4.37. The predicted octanol–water partition coefficient (Wildman–Crippen LogP) is 0.435. The first-order valence-electron chi connectivity index (χ1n) is 6.46. The normalized spacial score (nSPS) is 9.82. The molecule has 0 spiro atoms. The van der Waals surface area contributed by atoms with Crippen LogP contribution in [0.4, 0.5) is 5.69 Å². The van der Waals surface area contributed by atoms with Gasteiger partial charge in [-0.3, -0.25) is 19.4 Å². The first-order valence-corrected chi connectivity index (χ1v) is 6.46. The fourth-order valence-electron chi connectivity index (χ4n) is 1.74. The average molecular weight is 298 g/mol. The number of pyridine rings is 1. The summed E-state index contributed by atoms with van der Waals surface area (Å²) in [7, 11) is 0. The molecule has 2 aromatic rings. The smallest absolute Gasteiger partial charge is 0.313 e. The zero-order chi connectivity index (χ0) is 15.9. The van der Waals surface area contributed by atoms with Gasteiger partial charge in [0.2, 0.25) is 0 Å². The molecule has 0 aliphatic heterocycles. The lowest BCUT2D eigenvalue weighted by molar-refractivity contribution is -0.136. The number of aromatic nitrogens is 1. The van der Waals surface area contributed by atoms with Gasteiger partial charge in [0.25, 0.3) is 5.91 Å². The number of benzene rings is 1. The molecular weight excluding hydrogens is 284 g/mol. The molecule has 7 heteroatoms. The van der Waals surface area contributed by atoms with Crippen molar-refractivity contribution in [3.8, 4) is 0 Å². The highest BCUT2D eigenvalue weighted by molar-refractivity contribution is 6.39. The Bertz CT molecular complexity index is 701. The number of amides is 3. The van der Waals surface area contributed by atoms with E-state index in [0.29, 0.717) is 5.69 Å². The minimum Gasteiger partial charge on any atom is -0.366 e. The molecule has 2 rings (SSSR count). The molecule has 1 heterocycles. The fraction of sp³-hybridized carbons (Fsp3) is 0.0667. The number of nitrogens with two attached hydrogens (primary N) is 1. The van der Waals surface area contributed by atoms with Gasteiger partial charge < -0.3 is 16.4 Å². The van der Waals surface area contributed by atoms with Gasteiger partial charge in [0.05, 0.1) is 23.5 Å². The van der Waals surface area contributed by atoms with E-state index in [1.165, 1.54) is 12.1 Å². The third-order valence-corrected chi connectivity index (χ3v) is 2.80. The molecule has 0 saturated carbocycles. The van der Waals surface area contributed by atoms with Crippen LogP contribution in [-0.2, 0) is 16.1 Å². The molecule has 22 heavy (non-hydrogen) atoms. The van der Waals surface area contributed by atoms with E-state index in [2.05, 4.69) is 15.6 Å². The van der Waals surface area contributed by atoms with Gasteiger partial charge in [0, 0.05) is 6.20 Å². The monoisotopic (exact) mass is 298 g/mol. The third-order valence-electron chi connectivity index (χ3n) is 2.80. The molecule has 112 valence electrons. The number of anilines is 1. The second kappa shape index (κ2) is 6.98. The number of hydrogen-bond acceptors (Lipinski definition) is 4. The topological polar surface area (TPSA) is 114 Å². The molecule has 7 nitrogen and oxygen atoms in total. The molecule has 0 saturated heterocycles. The van der Waals surface area contributed by atoms with Gasteiger partial charge in [-0.2, -0.15) is 0 Å². The van der Waals surface area contributed by atoms with Crippen LogP contribution in [0.15, 0.2) is 48.7 Å². The van der Waals surface area contributed by atoms with Crippen molar-refractivity contribution in [2.75, 3.05) is 5.32 Å². The van der Waals surface area contributed by atoms with E-state index < -0.39 is 17.7 Å². The maximum Gasteiger partial charge on any atom is 0.313 e. The van der Waals surface area contributed by atoms with Gasteiger partial charge in [-0.15, -0.1) is 0 Å². The van der Waals surface area contributed by atoms with Crippen LogP contribution >= 0.6 is 0 Å². The average Bonchev–Trinajstić information content (AvgIpc) is 2.53. The minimum atomic E-state index is -0.885. The van der Waals surface area contributed by atoms with Crippen LogP contribution in [0.1, 0.15) is 16.1 Å². The SMILES string of the molecule is NC(=O)c1ccccc1NC(=O)C(=O)NCc1ccccn1. The van der Waals surface area contributed by atoms with Crippen LogP contribution in [0.3, 0.4) is 0 Å². The standard InChI is InChI=1S/C15H14N4O3/c16-13(20)11-6-1-2-7-12(11)19-15(22)14(21)18-9-10-5-3-4-8-17-10/h1-8H,9H2,(H2,16,20)(H,18,21)(H,19,22). The van der Waals surface area contributed by atoms with Gasteiger partial charge in [-0.25, -0.2) is 0 Å². The van der Waals surface area contributed by atoms with Crippen molar-refractivity contribution < 1.29 is 14.4 Å². The summed E-state index contributed by atoms with van der Waals surface area (Å²) in [4.78, 5) is 38.8. The van der Waals surface area contributed by atoms with E-state index in [-0.39, 0.29) is 17.8 Å². The zero-order valence-electron chi connectivity index (χ0n) is 11.6. The van der Waals surface area contributed by atoms with Crippen LogP contribution in [0, 0.1) is 0 Å². The molecule has 1 aromatic carbocycles. The van der Waals surface area contributed by atoms with Crippen molar-refractivity contribution in [2.45, 2.75) is 6.54 Å². The van der Waals surface area contributed by atoms with Crippen molar-refractivity contribution in [2.24, 2.45) is 5.73 Å². The molecule has 0 radical (unpaired) electrons. The summed E-state index contributed by atoms with van der Waals surface area (Å²) < 4.78 is 0. The Hall–Kier alpha value is -3.22. The quantitative estimate of drug-likeness (QED) is 0.710. The van der Waals surface area contributed by atoms with Crippen LogP contribution in [0.2, 0.25) is 0 Å². The number of hydrogen-bond donors (Lipinski definition) is 3. The third kappa shape index (κ3) is 3.89. The summed E-state index contributed by atoms with van der Waals surface area (Å²) in [6.07, 6.45) is 1.59. The lowest BCUT2D eigenvalue weighted by atomic mass is 10.1. The largest absolute Gasteiger partial charge is 0.366 e. The van der Waals surface area contributed by atoms with Gasteiger partial charge in [0.1, 0.15) is 0 Å². The number of nitrogens with zero attached hydrogens (tertiary/aromatic N) is 1. The molecule has 0 atom stereocenters. The zero-order valence-corrected chi connectivity index (χ0v) is 11.6. The number of carbonyl (C=O) groups is 3. The number of nitrogens with one attached hydrogen (secondary N) is 2. The molecule has 0 aliphatic rings. The first kappa shape index (κ1) is 15.2. The van der Waals surface area contributed by atoms with Crippen molar-refractivity contribution in [3.05, 3.63) is 59.9 Å². The maximum atomic E-state index is 11.8. The maximum absolute atomic E-state index is 11.8. The van der Waals surface area contributed by atoms with Gasteiger partial charge in [0.15, 0.2) is 0 Å². The molecule has 4 N–H and O–H groups in total. The van der Waals surface area contributed by atoms with Crippen molar-refractivity contribution in [3.63, 3.8) is 0 Å². The Labute approximate surface area is 126 Å². The highest BCUT2D eigenvalue weighted by Crippen LogP contribution is 2.13. The first-order chi connectivity index (χ1) is 10.6. The lowest BCUT2D eigenvalue weighted by Crippen LogP contribution is -2.35. The highest BCUT2D eigenvalue weighted by atomic mass is 16.2. The molecule has 0 bridgehead atoms. The minimum absolute atomic E-state index is 0.130. The number of primary amides is 1. The molecular formula is C15H14N4O3. The van der Waals surface area contributed by atoms with Crippen LogP contribution in [0.25, 0.3) is 0 Å². The lowest BCUT2D eigenvalue weighted by Gasteiger charge is -2.08. The summed E-state index contributed by atoms with van der Waals surface area (Å²) in [5, 5.41) is 4.79. The van der Waals surface area contributed by atoms with E-state index in [9.17, 15) is 14.4 Å². The Morgan fingerprint density at radius 3 is 2.41 bits per heavy atom. The number of para-hydroxylation sites is 1. The van der Waals surface area contributed by atoms with Crippen LogP contribution in [0.5, 0.6) is 0 Å². The summed E-state index contributed by atoms with van der Waals surface area (Å²) >= 11 is 0. The van der Waals surface area contributed by atoms with Crippen LogP contribution < -0.4 is 16.4 Å². The van der Waals surface area contributed by atoms with Crippen molar-refractivity contribution in [1.82, 2.24) is 10.3 Å². The molecule has 0 unspecified atom stereocenters. The molecule has 0 aliphatic carbocycles. The predicted molar refractivity (Wildman–Crippen MR) is 79.7 cm³/mol. The molecule has 3 amide bonds. The van der Waals surface area contributed by atoms with E-state index in [4.69, 9.17) is 5.73 Å². The van der Waals surface area contributed by atoms with E-state index >= 15 is 0 Å². The van der Waals surface area contributed by atoms with E-state index in [0.717, 1.165) is 0 Å². The fourth-order valence-corrected chi connectivity index (χ4v) is 1.74. The molecule has 1 aromatic heterocycles. The summed E-state index contributed by atoms with van der Waals surface area (Å²) in [5.74, 6) is -2.40. The van der Waals surface area contributed by atoms with E-state index in [1.54, 1.807) is 36.5 Å². The van der Waals surface area contributed by atoms with Crippen LogP contribution in [-0.4, -0.2) is 22.7 Å².